The highest BCUT2D eigenvalue weighted by atomic mass is 19.4. The largest absolute Gasteiger partial charge is 0.416 e. The van der Waals surface area contributed by atoms with Crippen molar-refractivity contribution in [2.75, 3.05) is 6.54 Å². The van der Waals surface area contributed by atoms with Crippen molar-refractivity contribution >= 4 is 11.6 Å². The van der Waals surface area contributed by atoms with Crippen molar-refractivity contribution in [1.29, 1.82) is 0 Å². The molecule has 4 rings (SSSR count). The lowest BCUT2D eigenvalue weighted by Crippen LogP contribution is -2.37. The number of amides is 1. The van der Waals surface area contributed by atoms with Gasteiger partial charge in [-0.2, -0.15) is 13.2 Å². The Morgan fingerprint density at radius 1 is 0.971 bits per heavy atom. The molecule has 0 spiro atoms. The van der Waals surface area contributed by atoms with E-state index in [-0.39, 0.29) is 18.7 Å². The minimum absolute atomic E-state index is 0.0163. The quantitative estimate of drug-likeness (QED) is 0.423. The molecular weight excluding hydrogens is 455 g/mol. The molecule has 0 aromatic heterocycles. The molecule has 0 aliphatic carbocycles. The third kappa shape index (κ3) is 5.41. The van der Waals surface area contributed by atoms with Crippen LogP contribution in [0, 0.1) is 11.6 Å². The van der Waals surface area contributed by atoms with E-state index in [9.17, 15) is 26.7 Å². The molecule has 0 saturated heterocycles. The van der Waals surface area contributed by atoms with E-state index in [0.717, 1.165) is 18.2 Å². The number of hydrogen-bond donors (Lipinski definition) is 0. The first-order valence-electron chi connectivity index (χ1n) is 10.4. The molecule has 1 heterocycles. The highest BCUT2D eigenvalue weighted by Gasteiger charge is 2.31. The van der Waals surface area contributed by atoms with Gasteiger partial charge in [-0.1, -0.05) is 41.6 Å². The third-order valence-corrected chi connectivity index (χ3v) is 5.38. The second-order valence-electron chi connectivity index (χ2n) is 7.84. The lowest BCUT2D eigenvalue weighted by atomic mass is 10.0. The maximum Gasteiger partial charge on any atom is 0.416 e. The van der Waals surface area contributed by atoms with E-state index in [1.54, 1.807) is 12.1 Å². The predicted octanol–water partition coefficient (Wildman–Crippen LogP) is 5.82. The first-order valence-corrected chi connectivity index (χ1v) is 10.4. The summed E-state index contributed by atoms with van der Waals surface area (Å²) in [6.07, 6.45) is -4.72. The van der Waals surface area contributed by atoms with Gasteiger partial charge in [0.05, 0.1) is 23.4 Å². The van der Waals surface area contributed by atoms with Gasteiger partial charge < -0.3 is 9.74 Å². The van der Waals surface area contributed by atoms with Gasteiger partial charge in [0.15, 0.2) is 6.10 Å². The van der Waals surface area contributed by atoms with Gasteiger partial charge in [-0.25, -0.2) is 8.78 Å². The van der Waals surface area contributed by atoms with Crippen molar-refractivity contribution in [3.63, 3.8) is 0 Å². The molecular formula is C25H19F5N2O2. The zero-order chi connectivity index (χ0) is 24.3. The molecule has 0 bridgehead atoms. The minimum atomic E-state index is -4.48. The average Bonchev–Trinajstić information content (AvgIpc) is 3.27. The Bertz CT molecular complexity index is 1190. The molecule has 34 heavy (non-hydrogen) atoms. The summed E-state index contributed by atoms with van der Waals surface area (Å²) in [6, 6.07) is 15.6. The summed E-state index contributed by atoms with van der Waals surface area (Å²) in [5.74, 6) is -1.73. The molecule has 0 saturated carbocycles. The maximum atomic E-state index is 14.3. The predicted molar refractivity (Wildman–Crippen MR) is 115 cm³/mol. The molecule has 1 amide bonds. The van der Waals surface area contributed by atoms with Gasteiger partial charge in [0, 0.05) is 13.0 Å². The fourth-order valence-corrected chi connectivity index (χ4v) is 3.63. The standard InChI is InChI=1S/C25H19F5N2O2/c26-19-11-7-17(8-12-19)23-13-20(34-31-23)15-32(24(33)21-3-1-2-4-22(21)27)14-16-5-9-18(10-6-16)25(28,29)30/h1-12,20H,13-15H2/t20-/m1/s1. The summed E-state index contributed by atoms with van der Waals surface area (Å²) < 4.78 is 66.2. The van der Waals surface area contributed by atoms with Crippen LogP contribution >= 0.6 is 0 Å². The smallest absolute Gasteiger partial charge is 0.390 e. The summed E-state index contributed by atoms with van der Waals surface area (Å²) in [5, 5.41) is 4.02. The summed E-state index contributed by atoms with van der Waals surface area (Å²) in [6.45, 7) is -0.0422. The second kappa shape index (κ2) is 9.62. The second-order valence-corrected chi connectivity index (χ2v) is 7.84. The number of nitrogens with zero attached hydrogens (tertiary/aromatic N) is 2. The molecule has 1 atom stereocenters. The number of alkyl halides is 3. The maximum absolute atomic E-state index is 14.3. The highest BCUT2D eigenvalue weighted by Crippen LogP contribution is 2.29. The van der Waals surface area contributed by atoms with E-state index in [1.165, 1.54) is 47.4 Å². The summed E-state index contributed by atoms with van der Waals surface area (Å²) in [5.41, 5.74) is 0.707. The van der Waals surface area contributed by atoms with Crippen molar-refractivity contribution < 1.29 is 31.6 Å². The zero-order valence-electron chi connectivity index (χ0n) is 17.7. The summed E-state index contributed by atoms with van der Waals surface area (Å²) >= 11 is 0. The number of carbonyl (C=O) groups excluding carboxylic acids is 1. The van der Waals surface area contributed by atoms with Crippen LogP contribution in [-0.2, 0) is 17.6 Å². The summed E-state index contributed by atoms with van der Waals surface area (Å²) in [7, 11) is 0. The van der Waals surface area contributed by atoms with Crippen LogP contribution in [0.15, 0.2) is 78.0 Å². The average molecular weight is 474 g/mol. The Morgan fingerprint density at radius 2 is 1.65 bits per heavy atom. The van der Waals surface area contributed by atoms with Crippen LogP contribution in [0.4, 0.5) is 22.0 Å². The van der Waals surface area contributed by atoms with E-state index in [2.05, 4.69) is 5.16 Å². The van der Waals surface area contributed by atoms with Gasteiger partial charge in [-0.3, -0.25) is 4.79 Å². The molecule has 3 aromatic rings. The van der Waals surface area contributed by atoms with Crippen LogP contribution in [0.1, 0.15) is 33.5 Å². The van der Waals surface area contributed by atoms with E-state index in [1.807, 2.05) is 0 Å². The summed E-state index contributed by atoms with van der Waals surface area (Å²) in [4.78, 5) is 19.9. The van der Waals surface area contributed by atoms with Crippen LogP contribution < -0.4 is 0 Å². The van der Waals surface area contributed by atoms with E-state index >= 15 is 0 Å². The number of oxime groups is 1. The van der Waals surface area contributed by atoms with E-state index in [4.69, 9.17) is 4.84 Å². The molecule has 0 fully saturated rings. The van der Waals surface area contributed by atoms with Crippen LogP contribution in [0.5, 0.6) is 0 Å². The fraction of sp³-hybridized carbons (Fsp3) is 0.200. The van der Waals surface area contributed by atoms with Crippen molar-refractivity contribution in [2.45, 2.75) is 25.2 Å². The molecule has 9 heteroatoms. The Morgan fingerprint density at radius 3 is 2.29 bits per heavy atom. The normalized spacial score (nSPS) is 15.6. The SMILES string of the molecule is O=C(c1ccccc1F)N(Cc1ccc(C(F)(F)F)cc1)C[C@H]1CC(c2ccc(F)cc2)=NO1. The molecule has 1 aliphatic heterocycles. The van der Waals surface area contributed by atoms with Crippen molar-refractivity contribution in [3.05, 3.63) is 107 Å². The lowest BCUT2D eigenvalue weighted by molar-refractivity contribution is -0.137. The highest BCUT2D eigenvalue weighted by molar-refractivity contribution is 6.01. The molecule has 1 aliphatic rings. The van der Waals surface area contributed by atoms with Gasteiger partial charge >= 0.3 is 6.18 Å². The molecule has 4 nitrogen and oxygen atoms in total. The lowest BCUT2D eigenvalue weighted by Gasteiger charge is -2.25. The number of halogens is 5. The van der Waals surface area contributed by atoms with Crippen LogP contribution in [-0.4, -0.2) is 29.2 Å². The zero-order valence-corrected chi connectivity index (χ0v) is 17.7. The number of rotatable bonds is 6. The van der Waals surface area contributed by atoms with Gasteiger partial charge in [0.1, 0.15) is 11.6 Å². The fourth-order valence-electron chi connectivity index (χ4n) is 3.63. The monoisotopic (exact) mass is 474 g/mol. The first kappa shape index (κ1) is 23.4. The third-order valence-electron chi connectivity index (χ3n) is 5.38. The van der Waals surface area contributed by atoms with E-state index in [0.29, 0.717) is 23.3 Å². The molecule has 0 radical (unpaired) electrons. The molecule has 176 valence electrons. The van der Waals surface area contributed by atoms with Gasteiger partial charge in [-0.15, -0.1) is 0 Å². The van der Waals surface area contributed by atoms with Crippen LogP contribution in [0.3, 0.4) is 0 Å². The molecule has 3 aromatic carbocycles. The Labute approximate surface area is 192 Å². The Balaban J connectivity index is 1.53. The van der Waals surface area contributed by atoms with E-state index < -0.39 is 35.4 Å². The van der Waals surface area contributed by atoms with Gasteiger partial charge in [0.2, 0.25) is 0 Å². The van der Waals surface area contributed by atoms with Crippen molar-refractivity contribution in [2.24, 2.45) is 5.16 Å². The number of benzene rings is 3. The Kier molecular flexibility index (Phi) is 6.63. The van der Waals surface area contributed by atoms with Crippen LogP contribution in [0.25, 0.3) is 0 Å². The van der Waals surface area contributed by atoms with Gasteiger partial charge in [0.25, 0.3) is 5.91 Å². The van der Waals surface area contributed by atoms with Gasteiger partial charge in [-0.05, 0) is 47.5 Å². The topological polar surface area (TPSA) is 41.9 Å². The Hall–Kier alpha value is -3.75. The molecule has 0 unspecified atom stereocenters. The van der Waals surface area contributed by atoms with Crippen LogP contribution in [0.2, 0.25) is 0 Å². The van der Waals surface area contributed by atoms with Crippen molar-refractivity contribution in [1.82, 2.24) is 4.90 Å². The van der Waals surface area contributed by atoms with Crippen molar-refractivity contribution in [3.8, 4) is 0 Å². The minimum Gasteiger partial charge on any atom is -0.390 e. The molecule has 0 N–H and O–H groups in total. The number of hydrogen-bond acceptors (Lipinski definition) is 3. The number of carbonyl (C=O) groups is 1. The first-order chi connectivity index (χ1) is 16.2.